The molecule has 0 fully saturated rings. The number of rotatable bonds is 10. The predicted molar refractivity (Wildman–Crippen MR) is 109 cm³/mol. The molecule has 9 nitrogen and oxygen atoms in total. The van der Waals surface area contributed by atoms with E-state index in [1.807, 2.05) is 6.92 Å². The highest BCUT2D eigenvalue weighted by atomic mass is 16.6. The third-order valence-electron chi connectivity index (χ3n) is 4.10. The number of aryl methyl sites for hydroxylation is 1. The van der Waals surface area contributed by atoms with Gasteiger partial charge in [0.05, 0.1) is 18.0 Å². The number of hydrogen-bond donors (Lipinski definition) is 1. The second-order valence-electron chi connectivity index (χ2n) is 6.35. The van der Waals surface area contributed by atoms with Crippen LogP contribution in [0.25, 0.3) is 0 Å². The number of nitrogens with zero attached hydrogens (tertiary/aromatic N) is 1. The zero-order valence-electron chi connectivity index (χ0n) is 16.7. The maximum absolute atomic E-state index is 12.1. The molecule has 0 radical (unpaired) electrons. The van der Waals surface area contributed by atoms with Crippen LogP contribution in [-0.4, -0.2) is 35.8 Å². The largest absolute Gasteiger partial charge is 0.494 e. The quantitative estimate of drug-likeness (QED) is 0.273. The Labute approximate surface area is 173 Å². The van der Waals surface area contributed by atoms with E-state index in [4.69, 9.17) is 9.47 Å². The standard InChI is InChI=1S/C21H22N2O7/c1-3-29-17-7-4-15(5-8-17)19(24)10-11-21(26)30-13-20(25)22-18-9-6-16(23(27)28)12-14(18)2/h4-9,12H,3,10-11,13H2,1-2H3,(H,22,25). The fraction of sp³-hybridized carbons (Fsp3) is 0.286. The molecule has 2 aromatic rings. The second-order valence-corrected chi connectivity index (χ2v) is 6.35. The SMILES string of the molecule is CCOc1ccc(C(=O)CCC(=O)OCC(=O)Nc2ccc([N+](=O)[O-])cc2C)cc1. The summed E-state index contributed by atoms with van der Waals surface area (Å²) in [6, 6.07) is 10.6. The smallest absolute Gasteiger partial charge is 0.306 e. The predicted octanol–water partition coefficient (Wildman–Crippen LogP) is 3.45. The van der Waals surface area contributed by atoms with Crippen molar-refractivity contribution in [3.05, 3.63) is 63.7 Å². The highest BCUT2D eigenvalue weighted by Crippen LogP contribution is 2.21. The minimum absolute atomic E-state index is 0.0457. The van der Waals surface area contributed by atoms with E-state index in [2.05, 4.69) is 5.32 Å². The molecule has 0 saturated heterocycles. The summed E-state index contributed by atoms with van der Waals surface area (Å²) >= 11 is 0. The number of hydrogen-bond acceptors (Lipinski definition) is 7. The van der Waals surface area contributed by atoms with Crippen LogP contribution >= 0.6 is 0 Å². The number of nitro groups is 1. The van der Waals surface area contributed by atoms with Gasteiger partial charge in [0.15, 0.2) is 12.4 Å². The lowest BCUT2D eigenvalue weighted by Gasteiger charge is -2.09. The van der Waals surface area contributed by atoms with Crippen LogP contribution in [0.4, 0.5) is 11.4 Å². The van der Waals surface area contributed by atoms with Crippen LogP contribution in [0.1, 0.15) is 35.7 Å². The van der Waals surface area contributed by atoms with E-state index in [1.165, 1.54) is 18.2 Å². The maximum atomic E-state index is 12.1. The number of carbonyl (C=O) groups is 3. The number of benzene rings is 2. The van der Waals surface area contributed by atoms with Crippen LogP contribution in [0.5, 0.6) is 5.75 Å². The zero-order valence-corrected chi connectivity index (χ0v) is 16.7. The Balaban J connectivity index is 1.76. The van der Waals surface area contributed by atoms with Crippen LogP contribution in [0.2, 0.25) is 0 Å². The van der Waals surface area contributed by atoms with Crippen LogP contribution in [-0.2, 0) is 14.3 Å². The first kappa shape index (κ1) is 22.5. The number of nitro benzene ring substituents is 1. The lowest BCUT2D eigenvalue weighted by Crippen LogP contribution is -2.21. The van der Waals surface area contributed by atoms with E-state index >= 15 is 0 Å². The molecule has 0 aliphatic heterocycles. The number of esters is 1. The molecule has 0 aliphatic carbocycles. The fourth-order valence-corrected chi connectivity index (χ4v) is 2.57. The van der Waals surface area contributed by atoms with E-state index in [9.17, 15) is 24.5 Å². The van der Waals surface area contributed by atoms with Crippen molar-refractivity contribution < 1.29 is 28.8 Å². The maximum Gasteiger partial charge on any atom is 0.306 e. The molecule has 0 aliphatic rings. The van der Waals surface area contributed by atoms with E-state index in [-0.39, 0.29) is 24.3 Å². The van der Waals surface area contributed by atoms with E-state index in [1.54, 1.807) is 31.2 Å². The van der Waals surface area contributed by atoms with Crippen molar-refractivity contribution in [2.75, 3.05) is 18.5 Å². The Morgan fingerprint density at radius 2 is 1.77 bits per heavy atom. The van der Waals surface area contributed by atoms with Crippen molar-refractivity contribution in [3.63, 3.8) is 0 Å². The third kappa shape index (κ3) is 6.69. The number of non-ortho nitro benzene ring substituents is 1. The molecule has 9 heteroatoms. The molecule has 30 heavy (non-hydrogen) atoms. The first-order chi connectivity index (χ1) is 14.3. The van der Waals surface area contributed by atoms with Gasteiger partial charge in [-0.1, -0.05) is 0 Å². The average molecular weight is 414 g/mol. The topological polar surface area (TPSA) is 125 Å². The first-order valence-electron chi connectivity index (χ1n) is 9.26. The van der Waals surface area contributed by atoms with Gasteiger partial charge in [0.25, 0.3) is 11.6 Å². The van der Waals surface area contributed by atoms with Crippen molar-refractivity contribution in [1.82, 2.24) is 0 Å². The van der Waals surface area contributed by atoms with E-state index in [0.29, 0.717) is 29.2 Å². The summed E-state index contributed by atoms with van der Waals surface area (Å²) in [4.78, 5) is 46.1. The van der Waals surface area contributed by atoms with Gasteiger partial charge in [0.2, 0.25) is 0 Å². The molecule has 1 amide bonds. The average Bonchev–Trinajstić information content (AvgIpc) is 2.72. The van der Waals surface area contributed by atoms with Crippen molar-refractivity contribution in [2.24, 2.45) is 0 Å². The van der Waals surface area contributed by atoms with Gasteiger partial charge < -0.3 is 14.8 Å². The number of Topliss-reactive ketones (excluding diaryl/α,β-unsaturated/α-hetero) is 1. The lowest BCUT2D eigenvalue weighted by molar-refractivity contribution is -0.384. The lowest BCUT2D eigenvalue weighted by atomic mass is 10.1. The molecule has 2 rings (SSSR count). The summed E-state index contributed by atoms with van der Waals surface area (Å²) in [5.41, 5.74) is 1.25. The second kappa shape index (κ2) is 10.7. The van der Waals surface area contributed by atoms with Gasteiger partial charge >= 0.3 is 5.97 Å². The summed E-state index contributed by atoms with van der Waals surface area (Å²) < 4.78 is 10.2. The summed E-state index contributed by atoms with van der Waals surface area (Å²) in [5, 5.41) is 13.3. The van der Waals surface area contributed by atoms with Gasteiger partial charge in [-0.3, -0.25) is 24.5 Å². The molecule has 0 heterocycles. The monoisotopic (exact) mass is 414 g/mol. The number of ketones is 1. The van der Waals surface area contributed by atoms with Crippen LogP contribution in [0, 0.1) is 17.0 Å². The van der Waals surface area contributed by atoms with Crippen LogP contribution in [0.3, 0.4) is 0 Å². The van der Waals surface area contributed by atoms with Crippen LogP contribution < -0.4 is 10.1 Å². The summed E-state index contributed by atoms with van der Waals surface area (Å²) in [7, 11) is 0. The molecule has 0 spiro atoms. The number of ether oxygens (including phenoxy) is 2. The number of nitrogens with one attached hydrogen (secondary N) is 1. The Kier molecular flexibility index (Phi) is 8.04. The fourth-order valence-electron chi connectivity index (χ4n) is 2.57. The highest BCUT2D eigenvalue weighted by molar-refractivity contribution is 5.98. The van der Waals surface area contributed by atoms with E-state index in [0.717, 1.165) is 0 Å². The molecule has 0 saturated carbocycles. The Bertz CT molecular complexity index is 939. The normalized spacial score (nSPS) is 10.2. The van der Waals surface area contributed by atoms with Gasteiger partial charge in [-0.2, -0.15) is 0 Å². The van der Waals surface area contributed by atoms with Gasteiger partial charge in [0.1, 0.15) is 5.75 Å². The van der Waals surface area contributed by atoms with Gasteiger partial charge in [-0.25, -0.2) is 0 Å². The molecule has 0 atom stereocenters. The Hall–Kier alpha value is -3.75. The summed E-state index contributed by atoms with van der Waals surface area (Å²) in [5.74, 6) is -0.827. The van der Waals surface area contributed by atoms with E-state index < -0.39 is 23.4 Å². The van der Waals surface area contributed by atoms with Crippen LogP contribution in [0.15, 0.2) is 42.5 Å². The molecule has 2 aromatic carbocycles. The molecular formula is C21H22N2O7. The van der Waals surface area contributed by atoms with Crippen molar-refractivity contribution >= 4 is 29.0 Å². The zero-order chi connectivity index (χ0) is 22.1. The molecule has 0 bridgehead atoms. The van der Waals surface area contributed by atoms with Crippen molar-refractivity contribution in [3.8, 4) is 5.75 Å². The van der Waals surface area contributed by atoms with Gasteiger partial charge in [-0.05, 0) is 49.7 Å². The molecule has 0 unspecified atom stereocenters. The number of carbonyl (C=O) groups excluding carboxylic acids is 3. The molecule has 0 aromatic heterocycles. The Morgan fingerprint density at radius 3 is 2.37 bits per heavy atom. The molecule has 1 N–H and O–H groups in total. The molecule has 158 valence electrons. The van der Waals surface area contributed by atoms with Gasteiger partial charge in [-0.15, -0.1) is 0 Å². The molecular weight excluding hydrogens is 392 g/mol. The minimum atomic E-state index is -0.676. The van der Waals surface area contributed by atoms with Crippen molar-refractivity contribution in [1.29, 1.82) is 0 Å². The summed E-state index contributed by atoms with van der Waals surface area (Å²) in [6.07, 6.45) is -0.203. The number of amides is 1. The number of anilines is 1. The van der Waals surface area contributed by atoms with Crippen molar-refractivity contribution in [2.45, 2.75) is 26.7 Å². The third-order valence-corrected chi connectivity index (χ3v) is 4.10. The Morgan fingerprint density at radius 1 is 1.07 bits per heavy atom. The highest BCUT2D eigenvalue weighted by Gasteiger charge is 2.14. The minimum Gasteiger partial charge on any atom is -0.494 e. The van der Waals surface area contributed by atoms with Gasteiger partial charge in [0, 0.05) is 29.8 Å². The first-order valence-corrected chi connectivity index (χ1v) is 9.26. The summed E-state index contributed by atoms with van der Waals surface area (Å²) in [6.45, 7) is 3.47.